The molecule has 0 aromatic rings. The maximum absolute atomic E-state index is 12.8. The molecule has 1 N–H and O–H groups in total. The molecule has 3 aliphatic rings. The molecule has 1 saturated carbocycles. The fourth-order valence-corrected chi connectivity index (χ4v) is 5.49. The maximum atomic E-state index is 12.8. The summed E-state index contributed by atoms with van der Waals surface area (Å²) in [6, 6.07) is 0. The van der Waals surface area contributed by atoms with Crippen molar-refractivity contribution >= 4 is 32.4 Å². The molecule has 1 aliphatic heterocycles. The molecule has 8 nitrogen and oxygen atoms in total. The van der Waals surface area contributed by atoms with Crippen LogP contribution in [0.15, 0.2) is 16.4 Å². The van der Waals surface area contributed by atoms with Crippen LogP contribution in [0.3, 0.4) is 0 Å². The fourth-order valence-electron chi connectivity index (χ4n) is 3.70. The van der Waals surface area contributed by atoms with Crippen LogP contribution in [0.25, 0.3) is 0 Å². The standard InChI is InChI=1S/C17H22N2O6S/c1-9-10(2)14(21)12(11(3)13(9)20)18-19-15-16(22)25-17(26(15,23)24)7-5-4-6-8-17/h9-10,18H,4-8H2,1-3H3/b19-15+. The van der Waals surface area contributed by atoms with Gasteiger partial charge in [-0.1, -0.05) is 20.3 Å². The first-order valence-corrected chi connectivity index (χ1v) is 10.2. The van der Waals surface area contributed by atoms with Gasteiger partial charge in [-0.2, -0.15) is 5.10 Å². The lowest BCUT2D eigenvalue weighted by Gasteiger charge is -2.29. The molecular formula is C17H22N2O6S. The number of esters is 1. The first-order chi connectivity index (χ1) is 12.1. The highest BCUT2D eigenvalue weighted by molar-refractivity contribution is 8.09. The number of Topliss-reactive ketones (excluding diaryl/α,β-unsaturated/α-hetero) is 2. The Balaban J connectivity index is 1.95. The zero-order chi connectivity index (χ0) is 19.3. The highest BCUT2D eigenvalue weighted by Gasteiger charge is 2.59. The van der Waals surface area contributed by atoms with E-state index in [2.05, 4.69) is 10.5 Å². The van der Waals surface area contributed by atoms with Crippen LogP contribution in [0.5, 0.6) is 0 Å². The number of allylic oxidation sites excluding steroid dienone is 2. The highest BCUT2D eigenvalue weighted by atomic mass is 32.2. The number of hydrogen-bond donors (Lipinski definition) is 1. The molecule has 2 fully saturated rings. The molecule has 9 heteroatoms. The van der Waals surface area contributed by atoms with Crippen LogP contribution in [0.4, 0.5) is 0 Å². The van der Waals surface area contributed by atoms with E-state index in [1.54, 1.807) is 13.8 Å². The van der Waals surface area contributed by atoms with Crippen molar-refractivity contribution in [3.8, 4) is 0 Å². The number of ketones is 2. The third kappa shape index (κ3) is 2.60. The fraction of sp³-hybridized carbons (Fsp3) is 0.647. The van der Waals surface area contributed by atoms with Gasteiger partial charge < -0.3 is 4.74 Å². The third-order valence-corrected chi connectivity index (χ3v) is 7.89. The van der Waals surface area contributed by atoms with Crippen LogP contribution in [0, 0.1) is 11.8 Å². The van der Waals surface area contributed by atoms with Crippen molar-refractivity contribution in [3.05, 3.63) is 11.3 Å². The summed E-state index contributed by atoms with van der Waals surface area (Å²) in [5.74, 6) is -2.57. The first kappa shape index (κ1) is 18.8. The number of hydrazone groups is 1. The van der Waals surface area contributed by atoms with E-state index < -0.39 is 37.6 Å². The van der Waals surface area contributed by atoms with E-state index in [4.69, 9.17) is 4.74 Å². The molecule has 3 rings (SSSR count). The Morgan fingerprint density at radius 1 is 1.04 bits per heavy atom. The molecule has 0 aromatic heterocycles. The van der Waals surface area contributed by atoms with Gasteiger partial charge in [-0.3, -0.25) is 15.0 Å². The monoisotopic (exact) mass is 382 g/mol. The Labute approximate surface area is 152 Å². The van der Waals surface area contributed by atoms with Gasteiger partial charge in [0.25, 0.3) is 5.04 Å². The van der Waals surface area contributed by atoms with E-state index in [0.29, 0.717) is 12.8 Å². The summed E-state index contributed by atoms with van der Waals surface area (Å²) in [5.41, 5.74) is 2.48. The third-order valence-electron chi connectivity index (χ3n) is 5.65. The summed E-state index contributed by atoms with van der Waals surface area (Å²) >= 11 is 0. The van der Waals surface area contributed by atoms with Crippen molar-refractivity contribution in [1.29, 1.82) is 0 Å². The van der Waals surface area contributed by atoms with Crippen LogP contribution in [0.2, 0.25) is 0 Å². The Morgan fingerprint density at radius 3 is 2.23 bits per heavy atom. The van der Waals surface area contributed by atoms with Gasteiger partial charge in [0.05, 0.1) is 0 Å². The van der Waals surface area contributed by atoms with E-state index in [-0.39, 0.29) is 35.7 Å². The molecule has 1 spiro atoms. The van der Waals surface area contributed by atoms with Gasteiger partial charge in [0.1, 0.15) is 5.70 Å². The summed E-state index contributed by atoms with van der Waals surface area (Å²) in [4.78, 5) is 35.2. The Bertz CT molecular complexity index is 848. The number of nitrogens with zero attached hydrogens (tertiary/aromatic N) is 1. The van der Waals surface area contributed by atoms with Crippen LogP contribution < -0.4 is 5.43 Å². The zero-order valence-corrected chi connectivity index (χ0v) is 15.8. The van der Waals surface area contributed by atoms with Gasteiger partial charge in [-0.25, -0.2) is 13.2 Å². The van der Waals surface area contributed by atoms with Crippen molar-refractivity contribution in [2.45, 2.75) is 57.8 Å². The van der Waals surface area contributed by atoms with E-state index in [1.165, 1.54) is 6.92 Å². The number of carbonyl (C=O) groups is 3. The van der Waals surface area contributed by atoms with Crippen molar-refractivity contribution in [1.82, 2.24) is 5.43 Å². The van der Waals surface area contributed by atoms with Crippen LogP contribution in [-0.4, -0.2) is 35.9 Å². The molecule has 26 heavy (non-hydrogen) atoms. The lowest BCUT2D eigenvalue weighted by Crippen LogP contribution is -2.40. The molecule has 1 saturated heterocycles. The van der Waals surface area contributed by atoms with Gasteiger partial charge in [-0.05, 0) is 19.8 Å². The molecule has 0 amide bonds. The molecule has 2 unspecified atom stereocenters. The van der Waals surface area contributed by atoms with Gasteiger partial charge >= 0.3 is 5.97 Å². The van der Waals surface area contributed by atoms with Crippen molar-refractivity contribution < 1.29 is 27.5 Å². The van der Waals surface area contributed by atoms with E-state index in [9.17, 15) is 22.8 Å². The van der Waals surface area contributed by atoms with Crippen LogP contribution >= 0.6 is 0 Å². The Morgan fingerprint density at radius 2 is 1.62 bits per heavy atom. The number of nitrogens with one attached hydrogen (secondary N) is 1. The van der Waals surface area contributed by atoms with Crippen LogP contribution in [-0.2, 0) is 29.0 Å². The van der Waals surface area contributed by atoms with E-state index in [1.807, 2.05) is 0 Å². The van der Waals surface area contributed by atoms with Gasteiger partial charge in [0.15, 0.2) is 11.6 Å². The second-order valence-corrected chi connectivity index (χ2v) is 9.34. The summed E-state index contributed by atoms with van der Waals surface area (Å²) in [5, 5.41) is 2.97. The Hall–Kier alpha value is -2.03. The topological polar surface area (TPSA) is 119 Å². The minimum atomic E-state index is -4.08. The lowest BCUT2D eigenvalue weighted by atomic mass is 9.79. The summed E-state index contributed by atoms with van der Waals surface area (Å²) in [7, 11) is -4.08. The molecule has 2 aliphatic carbocycles. The maximum Gasteiger partial charge on any atom is 0.372 e. The highest BCUT2D eigenvalue weighted by Crippen LogP contribution is 2.41. The van der Waals surface area contributed by atoms with Gasteiger partial charge in [0, 0.05) is 30.3 Å². The number of sulfone groups is 1. The van der Waals surface area contributed by atoms with Crippen molar-refractivity contribution in [2.24, 2.45) is 16.9 Å². The SMILES string of the molecule is CC1=C(N/N=C2\C(=O)OC3(CCCCC3)S2(=O)=O)C(=O)C(C)C(C)C1=O. The number of ether oxygens (including phenoxy) is 1. The average molecular weight is 382 g/mol. The smallest absolute Gasteiger partial charge is 0.372 e. The predicted molar refractivity (Wildman–Crippen MR) is 92.4 cm³/mol. The Kier molecular flexibility index (Phi) is 4.54. The molecular weight excluding hydrogens is 360 g/mol. The number of carbonyl (C=O) groups excluding carboxylic acids is 3. The summed E-state index contributed by atoms with van der Waals surface area (Å²) in [6.07, 6.45) is 2.68. The lowest BCUT2D eigenvalue weighted by molar-refractivity contribution is -0.143. The molecule has 0 radical (unpaired) electrons. The molecule has 2 atom stereocenters. The van der Waals surface area contributed by atoms with Gasteiger partial charge in [0.2, 0.25) is 14.8 Å². The molecule has 0 bridgehead atoms. The predicted octanol–water partition coefficient (Wildman–Crippen LogP) is 1.22. The molecule has 1 heterocycles. The van der Waals surface area contributed by atoms with E-state index >= 15 is 0 Å². The summed E-state index contributed by atoms with van der Waals surface area (Å²) in [6.45, 7) is 4.78. The normalized spacial score (nSPS) is 32.3. The number of rotatable bonds is 2. The second-order valence-electron chi connectivity index (χ2n) is 7.20. The molecule has 0 aromatic carbocycles. The largest absolute Gasteiger partial charge is 0.437 e. The first-order valence-electron chi connectivity index (χ1n) is 8.73. The summed E-state index contributed by atoms with van der Waals surface area (Å²) < 4.78 is 30.8. The molecule has 142 valence electrons. The minimum absolute atomic E-state index is 0.0688. The van der Waals surface area contributed by atoms with Crippen molar-refractivity contribution in [2.75, 3.05) is 0 Å². The van der Waals surface area contributed by atoms with E-state index in [0.717, 1.165) is 6.42 Å². The minimum Gasteiger partial charge on any atom is -0.437 e. The zero-order valence-electron chi connectivity index (χ0n) is 15.0. The quantitative estimate of drug-likeness (QED) is 0.563. The van der Waals surface area contributed by atoms with Crippen molar-refractivity contribution in [3.63, 3.8) is 0 Å². The second kappa shape index (κ2) is 6.29. The van der Waals surface area contributed by atoms with Crippen LogP contribution in [0.1, 0.15) is 52.9 Å². The van der Waals surface area contributed by atoms with Gasteiger partial charge in [-0.15, -0.1) is 0 Å². The number of hydrogen-bond acceptors (Lipinski definition) is 8. The average Bonchev–Trinajstić information content (AvgIpc) is 2.78.